The molecule has 4 N–H and O–H groups in total. The van der Waals surface area contributed by atoms with Crippen LogP contribution in [0.4, 0.5) is 10.2 Å². The van der Waals surface area contributed by atoms with Crippen molar-refractivity contribution in [1.29, 1.82) is 0 Å². The number of hydrogen-bond donors (Lipinski definition) is 4. The van der Waals surface area contributed by atoms with Crippen molar-refractivity contribution in [3.8, 4) is 45.8 Å². The first kappa shape index (κ1) is 54.7. The van der Waals surface area contributed by atoms with Gasteiger partial charge in [-0.1, -0.05) is 63.1 Å². The van der Waals surface area contributed by atoms with Gasteiger partial charge >= 0.3 is 6.01 Å². The Balaban J connectivity index is 0.791. The van der Waals surface area contributed by atoms with Crippen LogP contribution in [0.5, 0.6) is 11.8 Å². The van der Waals surface area contributed by atoms with Crippen LogP contribution in [0.15, 0.2) is 66.3 Å². The summed E-state index contributed by atoms with van der Waals surface area (Å²) in [6.07, 6.45) is 11.4. The molecular formula is C61H68FN11O6S. The quantitative estimate of drug-likeness (QED) is 0.0576. The number of aryl methyl sites for hydroxylation is 1. The molecule has 6 aromatic rings. The second-order valence-corrected chi connectivity index (χ2v) is 24.3. The fraction of sp³-hybridized carbons (Fsp3) is 0.475. The van der Waals surface area contributed by atoms with Crippen LogP contribution in [-0.4, -0.2) is 150 Å². The zero-order chi connectivity index (χ0) is 56.1. The maximum Gasteiger partial charge on any atom is 0.319 e. The van der Waals surface area contributed by atoms with Crippen LogP contribution in [0.1, 0.15) is 102 Å². The van der Waals surface area contributed by atoms with E-state index in [1.807, 2.05) is 64.4 Å². The highest BCUT2D eigenvalue weighted by molar-refractivity contribution is 7.13. The molecule has 17 nitrogen and oxygen atoms in total. The first-order valence-corrected chi connectivity index (χ1v) is 28.8. The fourth-order valence-electron chi connectivity index (χ4n) is 13.1. The minimum atomic E-state index is -0.921. The van der Waals surface area contributed by atoms with Gasteiger partial charge in [0.1, 0.15) is 47.5 Å². The molecule has 5 aliphatic heterocycles. The van der Waals surface area contributed by atoms with Crippen LogP contribution in [0, 0.1) is 37.1 Å². The maximum atomic E-state index is 17.3. The number of β-amino-alcohol motifs (C(OH)–C–C–N with tert-alkyl or cyclic N) is 1. The summed E-state index contributed by atoms with van der Waals surface area (Å²) in [6, 6.07) is 13.7. The Kier molecular flexibility index (Phi) is 15.3. The van der Waals surface area contributed by atoms with Gasteiger partial charge in [0.05, 0.1) is 33.6 Å². The van der Waals surface area contributed by atoms with Gasteiger partial charge in [0.2, 0.25) is 23.8 Å². The predicted octanol–water partition coefficient (Wildman–Crippen LogP) is 7.81. The molecular weight excluding hydrogens is 1030 g/mol. The van der Waals surface area contributed by atoms with E-state index in [2.05, 4.69) is 41.2 Å². The predicted molar refractivity (Wildman–Crippen MR) is 305 cm³/mol. The number of aromatic nitrogens is 4. The Morgan fingerprint density at radius 3 is 2.55 bits per heavy atom. The number of benzene rings is 3. The standard InChI is InChI=1S/C61H68FN11O6S/c1-8-36-11-9-12-39-25-43(74)26-45(51(36)39)53-52(62)54-46(28-64-53)57(71-29-40-18-19-41(30-71)67-40)69-60(68-54)79-32-49-47(63-7)22-24-70(49)23-10-13-42-20-21-50(76)73(42)56(61(4,5)6)59(78)72-31-44(75)27-48(72)58(77)66-34(2)37-14-16-38(17-15-37)55-35(3)65-33-80-55/h1,9,11-12,14-17,25-26,28,33-34,40-42,44,47-49,56,67,74-75H,10,13,18-24,27,29-32H2,2-6H3,(H,66,77)/t34-,40?,41?,42-,44+,47-,48-,49+,56+/m0/s1. The van der Waals surface area contributed by atoms with Crippen molar-refractivity contribution in [3.63, 3.8) is 0 Å². The number of phenols is 1. The number of likely N-dealkylation sites (tertiary alicyclic amines) is 3. The number of anilines is 1. The zero-order valence-electron chi connectivity index (χ0n) is 45.9. The summed E-state index contributed by atoms with van der Waals surface area (Å²) >= 11 is 1.57. The smallest absolute Gasteiger partial charge is 0.319 e. The molecule has 0 radical (unpaired) electrons. The third-order valence-corrected chi connectivity index (χ3v) is 18.0. The molecule has 8 heterocycles. The van der Waals surface area contributed by atoms with Crippen LogP contribution < -0.4 is 20.3 Å². The van der Waals surface area contributed by atoms with Crippen LogP contribution in [0.25, 0.3) is 48.2 Å². The number of amides is 3. The molecule has 80 heavy (non-hydrogen) atoms. The molecule has 3 aromatic carbocycles. The van der Waals surface area contributed by atoms with Crippen LogP contribution in [0.3, 0.4) is 0 Å². The lowest BCUT2D eigenvalue weighted by molar-refractivity contribution is -0.152. The van der Waals surface area contributed by atoms with Crippen molar-refractivity contribution >= 4 is 56.6 Å². The highest BCUT2D eigenvalue weighted by Gasteiger charge is 2.50. The van der Waals surface area contributed by atoms with Crippen molar-refractivity contribution in [3.05, 3.63) is 100 Å². The lowest BCUT2D eigenvalue weighted by Gasteiger charge is -2.43. The Morgan fingerprint density at radius 2 is 1.84 bits per heavy atom. The van der Waals surface area contributed by atoms with E-state index in [0.29, 0.717) is 85.0 Å². The molecule has 0 spiro atoms. The van der Waals surface area contributed by atoms with Crippen LogP contribution >= 0.6 is 11.3 Å². The lowest BCUT2D eigenvalue weighted by atomic mass is 9.83. The molecule has 0 saturated carbocycles. The molecule has 5 aliphatic rings. The number of pyridine rings is 1. The topological polar surface area (TPSA) is 194 Å². The number of hydrogen-bond acceptors (Lipinski definition) is 14. The average molecular weight is 1100 g/mol. The van der Waals surface area contributed by atoms with E-state index in [4.69, 9.17) is 27.7 Å². The molecule has 11 rings (SSSR count). The minimum absolute atomic E-state index is 0.0119. The number of thiazole rings is 1. The van der Waals surface area contributed by atoms with Crippen molar-refractivity contribution in [1.82, 2.24) is 45.3 Å². The monoisotopic (exact) mass is 1100 g/mol. The van der Waals surface area contributed by atoms with Gasteiger partial charge in [-0.2, -0.15) is 9.97 Å². The first-order chi connectivity index (χ1) is 38.5. The summed E-state index contributed by atoms with van der Waals surface area (Å²) in [5, 5.41) is 30.2. The number of aliphatic hydroxyl groups is 1. The number of halogens is 1. The SMILES string of the molecule is [C-]#[N+][C@H]1CCN(CCC[C@H]2CCC(=O)N2[C@H](C(=O)N2C[C@H](O)C[C@H]2C(=O)N[C@@H](C)c2ccc(-c3scnc3C)cc2)C(C)(C)C)[C@@H]1COc1nc(N2CC3CCC(C2)N3)c2cnc(-c3cc(O)cc4cccc(C#C)c34)c(F)c2n1. The molecule has 2 bridgehead atoms. The van der Waals surface area contributed by atoms with Gasteiger partial charge in [-0.15, -0.1) is 17.8 Å². The van der Waals surface area contributed by atoms with E-state index in [1.54, 1.807) is 46.7 Å². The number of aromatic hydroxyl groups is 1. The normalized spacial score (nSPS) is 23.9. The van der Waals surface area contributed by atoms with E-state index in [0.717, 1.165) is 34.5 Å². The summed E-state index contributed by atoms with van der Waals surface area (Å²) in [7, 11) is 0. The second-order valence-electron chi connectivity index (χ2n) is 23.4. The number of fused-ring (bicyclic) bond motifs is 4. The third kappa shape index (κ3) is 10.6. The summed E-state index contributed by atoms with van der Waals surface area (Å²) in [6.45, 7) is 20.5. The van der Waals surface area contributed by atoms with Crippen molar-refractivity contribution in [2.45, 2.75) is 140 Å². The molecule has 9 atom stereocenters. The van der Waals surface area contributed by atoms with Gasteiger partial charge in [-0.05, 0) is 92.6 Å². The molecule has 3 aromatic heterocycles. The van der Waals surface area contributed by atoms with Crippen LogP contribution in [0.2, 0.25) is 0 Å². The molecule has 5 fully saturated rings. The largest absolute Gasteiger partial charge is 0.508 e. The van der Waals surface area contributed by atoms with E-state index >= 15 is 4.39 Å². The van der Waals surface area contributed by atoms with Crippen molar-refractivity contribution in [2.75, 3.05) is 44.2 Å². The molecule has 3 amide bonds. The number of nitrogens with zero attached hydrogens (tertiary/aromatic N) is 9. The van der Waals surface area contributed by atoms with Gasteiger partial charge in [-0.3, -0.25) is 24.3 Å². The Morgan fingerprint density at radius 1 is 1.06 bits per heavy atom. The minimum Gasteiger partial charge on any atom is -0.508 e. The lowest BCUT2D eigenvalue weighted by Crippen LogP contribution is -2.59. The summed E-state index contributed by atoms with van der Waals surface area (Å²) in [5.41, 5.74) is 4.84. The molecule has 5 saturated heterocycles. The van der Waals surface area contributed by atoms with Gasteiger partial charge < -0.3 is 45.1 Å². The Bertz CT molecular complexity index is 3430. The van der Waals surface area contributed by atoms with Gasteiger partial charge in [0.15, 0.2) is 5.82 Å². The molecule has 19 heteroatoms. The third-order valence-electron chi connectivity index (χ3n) is 17.0. The molecule has 416 valence electrons. The summed E-state index contributed by atoms with van der Waals surface area (Å²) < 4.78 is 23.8. The van der Waals surface area contributed by atoms with Gasteiger partial charge in [0.25, 0.3) is 0 Å². The number of terminal acetylenes is 1. The van der Waals surface area contributed by atoms with E-state index in [-0.39, 0.29) is 103 Å². The van der Waals surface area contributed by atoms with Crippen molar-refractivity contribution < 1.29 is 33.7 Å². The number of carbonyl (C=O) groups excluding carboxylic acids is 3. The highest BCUT2D eigenvalue weighted by Crippen LogP contribution is 2.41. The molecule has 0 aliphatic carbocycles. The summed E-state index contributed by atoms with van der Waals surface area (Å²) in [5.74, 6) is 1.59. The first-order valence-electron chi connectivity index (χ1n) is 27.9. The number of nitrogens with one attached hydrogen (secondary N) is 2. The average Bonchev–Trinajstić information content (AvgIpc) is 4.39. The molecule has 2 unspecified atom stereocenters. The van der Waals surface area contributed by atoms with E-state index < -0.39 is 29.4 Å². The Hall–Kier alpha value is -7.29. The highest BCUT2D eigenvalue weighted by atomic mass is 32.1. The Labute approximate surface area is 469 Å². The zero-order valence-corrected chi connectivity index (χ0v) is 46.7. The van der Waals surface area contributed by atoms with Gasteiger partial charge in [0, 0.05) is 86.3 Å². The van der Waals surface area contributed by atoms with Crippen LogP contribution in [-0.2, 0) is 14.4 Å². The van der Waals surface area contributed by atoms with E-state index in [1.165, 1.54) is 11.0 Å². The maximum absolute atomic E-state index is 17.3. The fourth-order valence-corrected chi connectivity index (χ4v) is 13.9. The second kappa shape index (κ2) is 22.3. The van der Waals surface area contributed by atoms with Gasteiger partial charge in [-0.25, -0.2) is 15.9 Å². The van der Waals surface area contributed by atoms with E-state index in [9.17, 15) is 24.6 Å². The number of aliphatic hydroxyl groups excluding tert-OH is 1. The number of rotatable bonds is 15. The number of ether oxygens (including phenoxy) is 1. The van der Waals surface area contributed by atoms with Crippen molar-refractivity contribution in [2.24, 2.45) is 5.41 Å². The summed E-state index contributed by atoms with van der Waals surface area (Å²) in [4.78, 5) is 74.5. The number of piperazine rings is 1. The number of phenolic OH excluding ortho intramolecular Hbond substituents is 1. The number of carbonyl (C=O) groups is 3.